The van der Waals surface area contributed by atoms with E-state index in [1.54, 1.807) is 12.1 Å². The number of nitrogens with zero attached hydrogens (tertiary/aromatic N) is 1. The molecule has 2 N–H and O–H groups in total. The summed E-state index contributed by atoms with van der Waals surface area (Å²) in [5, 5.41) is 10.4. The minimum atomic E-state index is -0.777. The number of fused-ring (bicyclic) bond motifs is 1. The Bertz CT molecular complexity index is 741. The molecule has 0 radical (unpaired) electrons. The average Bonchev–Trinajstić information content (AvgIpc) is 2.95. The van der Waals surface area contributed by atoms with E-state index in [4.69, 9.17) is 16.7 Å². The third-order valence-corrected chi connectivity index (χ3v) is 4.62. The van der Waals surface area contributed by atoms with Crippen molar-refractivity contribution in [1.82, 2.24) is 9.88 Å². The molecule has 1 aliphatic heterocycles. The Morgan fingerprint density at radius 3 is 2.96 bits per heavy atom. The smallest absolute Gasteiger partial charge is 0.303 e. The minimum absolute atomic E-state index is 0.0302. The van der Waals surface area contributed by atoms with Crippen molar-refractivity contribution in [2.75, 3.05) is 13.1 Å². The van der Waals surface area contributed by atoms with Crippen molar-refractivity contribution in [3.8, 4) is 0 Å². The molecule has 1 amide bonds. The van der Waals surface area contributed by atoms with Gasteiger partial charge in [-0.25, -0.2) is 0 Å². The fourth-order valence-corrected chi connectivity index (χ4v) is 3.37. The number of carbonyl (C=O) groups excluding carboxylic acids is 1. The molecular formula is C17H19ClN2O3. The van der Waals surface area contributed by atoms with Crippen LogP contribution in [0.1, 0.15) is 36.2 Å². The lowest BCUT2D eigenvalue weighted by Gasteiger charge is -2.32. The Hall–Kier alpha value is -2.01. The highest BCUT2D eigenvalue weighted by atomic mass is 35.5. The van der Waals surface area contributed by atoms with Gasteiger partial charge in [-0.15, -0.1) is 0 Å². The van der Waals surface area contributed by atoms with Crippen molar-refractivity contribution >= 4 is 34.4 Å². The first kappa shape index (κ1) is 15.9. The summed E-state index contributed by atoms with van der Waals surface area (Å²) < 4.78 is 0. The van der Waals surface area contributed by atoms with Crippen LogP contribution in [0.25, 0.3) is 10.9 Å². The fourth-order valence-electron chi connectivity index (χ4n) is 3.20. The number of carboxylic acid groups (broad SMARTS) is 1. The Morgan fingerprint density at radius 2 is 2.17 bits per heavy atom. The van der Waals surface area contributed by atoms with Crippen molar-refractivity contribution in [1.29, 1.82) is 0 Å². The van der Waals surface area contributed by atoms with Crippen LogP contribution in [0, 0.1) is 5.92 Å². The van der Waals surface area contributed by atoms with Gasteiger partial charge in [-0.2, -0.15) is 0 Å². The van der Waals surface area contributed by atoms with Crippen molar-refractivity contribution < 1.29 is 14.7 Å². The molecule has 0 spiro atoms. The third kappa shape index (κ3) is 3.67. The highest BCUT2D eigenvalue weighted by molar-refractivity contribution is 6.31. The van der Waals surface area contributed by atoms with Crippen molar-refractivity contribution in [3.05, 3.63) is 35.0 Å². The number of hydrogen-bond donors (Lipinski definition) is 2. The molecule has 1 saturated heterocycles. The van der Waals surface area contributed by atoms with Gasteiger partial charge in [-0.1, -0.05) is 17.7 Å². The molecule has 6 heteroatoms. The number of aromatic amines is 1. The molecule has 0 aliphatic carbocycles. The number of amides is 1. The molecule has 0 saturated carbocycles. The van der Waals surface area contributed by atoms with E-state index in [0.717, 1.165) is 30.3 Å². The highest BCUT2D eigenvalue weighted by Crippen LogP contribution is 2.24. The molecule has 0 bridgehead atoms. The summed E-state index contributed by atoms with van der Waals surface area (Å²) >= 11 is 5.97. The lowest BCUT2D eigenvalue weighted by Crippen LogP contribution is -2.40. The Kier molecular flexibility index (Phi) is 4.57. The molecule has 23 heavy (non-hydrogen) atoms. The molecule has 5 nitrogen and oxygen atoms in total. The van der Waals surface area contributed by atoms with Gasteiger partial charge < -0.3 is 15.0 Å². The summed E-state index contributed by atoms with van der Waals surface area (Å²) in [6, 6.07) is 7.33. The van der Waals surface area contributed by atoms with Gasteiger partial charge in [0, 0.05) is 35.4 Å². The zero-order chi connectivity index (χ0) is 16.4. The van der Waals surface area contributed by atoms with Crippen LogP contribution in [-0.2, 0) is 4.79 Å². The van der Waals surface area contributed by atoms with Gasteiger partial charge in [0.15, 0.2) is 0 Å². The predicted octanol–water partition coefficient (Wildman–Crippen LogP) is 3.54. The Labute approximate surface area is 139 Å². The molecule has 2 heterocycles. The molecule has 1 atom stereocenters. The van der Waals surface area contributed by atoms with E-state index in [2.05, 4.69) is 4.98 Å². The van der Waals surface area contributed by atoms with Crippen LogP contribution in [0.2, 0.25) is 5.02 Å². The van der Waals surface area contributed by atoms with Crippen LogP contribution in [0.4, 0.5) is 0 Å². The van der Waals surface area contributed by atoms with Gasteiger partial charge in [-0.3, -0.25) is 9.59 Å². The van der Waals surface area contributed by atoms with Gasteiger partial charge in [-0.05, 0) is 43.4 Å². The van der Waals surface area contributed by atoms with Crippen LogP contribution in [0.3, 0.4) is 0 Å². The zero-order valence-electron chi connectivity index (χ0n) is 12.7. The number of benzene rings is 1. The molecule has 1 aromatic heterocycles. The maximum atomic E-state index is 12.7. The van der Waals surface area contributed by atoms with E-state index in [0.29, 0.717) is 23.7 Å². The number of nitrogens with one attached hydrogen (secondary N) is 1. The van der Waals surface area contributed by atoms with Crippen LogP contribution in [0.5, 0.6) is 0 Å². The van der Waals surface area contributed by atoms with Crippen molar-refractivity contribution in [2.45, 2.75) is 25.7 Å². The third-order valence-electron chi connectivity index (χ3n) is 4.39. The first-order valence-electron chi connectivity index (χ1n) is 7.82. The number of carboxylic acids is 1. The summed E-state index contributed by atoms with van der Waals surface area (Å²) in [5.74, 6) is -0.541. The van der Waals surface area contributed by atoms with Crippen LogP contribution < -0.4 is 0 Å². The monoisotopic (exact) mass is 334 g/mol. The molecule has 1 aliphatic rings. The van der Waals surface area contributed by atoms with Crippen molar-refractivity contribution in [3.63, 3.8) is 0 Å². The maximum Gasteiger partial charge on any atom is 0.303 e. The van der Waals surface area contributed by atoms with Crippen LogP contribution in [-0.4, -0.2) is 40.0 Å². The first-order chi connectivity index (χ1) is 11.0. The van der Waals surface area contributed by atoms with Gasteiger partial charge in [0.1, 0.15) is 5.69 Å². The quantitative estimate of drug-likeness (QED) is 0.898. The summed E-state index contributed by atoms with van der Waals surface area (Å²) in [4.78, 5) is 28.3. The number of aliphatic carboxylic acids is 1. The second-order valence-electron chi connectivity index (χ2n) is 6.11. The van der Waals surface area contributed by atoms with Gasteiger partial charge in [0.05, 0.1) is 0 Å². The van der Waals surface area contributed by atoms with Gasteiger partial charge in [0.25, 0.3) is 5.91 Å². The molecule has 0 unspecified atom stereocenters. The summed E-state index contributed by atoms with van der Waals surface area (Å²) in [5.41, 5.74) is 1.40. The molecule has 1 fully saturated rings. The van der Waals surface area contributed by atoms with E-state index in [9.17, 15) is 9.59 Å². The Balaban J connectivity index is 1.71. The maximum absolute atomic E-state index is 12.7. The second kappa shape index (κ2) is 6.62. The molecule has 122 valence electrons. The topological polar surface area (TPSA) is 73.4 Å². The SMILES string of the molecule is O=C(O)CC[C@@H]1CCCN(C(=O)c2cc3ccc(Cl)cc3[nH]2)C1. The number of aromatic nitrogens is 1. The van der Waals surface area contributed by atoms with E-state index in [-0.39, 0.29) is 18.2 Å². The van der Waals surface area contributed by atoms with Gasteiger partial charge >= 0.3 is 5.97 Å². The minimum Gasteiger partial charge on any atom is -0.481 e. The fraction of sp³-hybridized carbons (Fsp3) is 0.412. The lowest BCUT2D eigenvalue weighted by molar-refractivity contribution is -0.137. The number of likely N-dealkylation sites (tertiary alicyclic amines) is 1. The lowest BCUT2D eigenvalue weighted by atomic mass is 9.93. The average molecular weight is 335 g/mol. The van der Waals surface area contributed by atoms with E-state index < -0.39 is 5.97 Å². The highest BCUT2D eigenvalue weighted by Gasteiger charge is 2.25. The van der Waals surface area contributed by atoms with Crippen molar-refractivity contribution in [2.24, 2.45) is 5.92 Å². The van der Waals surface area contributed by atoms with Crippen LogP contribution >= 0.6 is 11.6 Å². The zero-order valence-corrected chi connectivity index (χ0v) is 13.5. The number of H-pyrrole nitrogens is 1. The molecule has 3 rings (SSSR count). The summed E-state index contributed by atoms with van der Waals surface area (Å²) in [7, 11) is 0. The number of carbonyl (C=O) groups is 2. The molecule has 2 aromatic rings. The van der Waals surface area contributed by atoms with E-state index in [1.807, 2.05) is 17.0 Å². The Morgan fingerprint density at radius 1 is 1.35 bits per heavy atom. The molecule has 1 aromatic carbocycles. The normalized spacial score (nSPS) is 18.3. The summed E-state index contributed by atoms with van der Waals surface area (Å²) in [6.07, 6.45) is 2.69. The van der Waals surface area contributed by atoms with Crippen LogP contribution in [0.15, 0.2) is 24.3 Å². The largest absolute Gasteiger partial charge is 0.481 e. The predicted molar refractivity (Wildman–Crippen MR) is 88.8 cm³/mol. The van der Waals surface area contributed by atoms with E-state index in [1.165, 1.54) is 0 Å². The number of halogens is 1. The van der Waals surface area contributed by atoms with E-state index >= 15 is 0 Å². The second-order valence-corrected chi connectivity index (χ2v) is 6.54. The first-order valence-corrected chi connectivity index (χ1v) is 8.20. The molecular weight excluding hydrogens is 316 g/mol. The number of piperidine rings is 1. The standard InChI is InChI=1S/C17H19ClN2O3/c18-13-5-4-12-8-15(19-14(12)9-13)17(23)20-7-1-2-11(10-20)3-6-16(21)22/h4-5,8-9,11,19H,1-3,6-7,10H2,(H,21,22)/t11-/m0/s1. The summed E-state index contributed by atoms with van der Waals surface area (Å²) in [6.45, 7) is 1.35. The van der Waals surface area contributed by atoms with Gasteiger partial charge in [0.2, 0.25) is 0 Å². The number of rotatable bonds is 4. The number of hydrogen-bond acceptors (Lipinski definition) is 2.